The molecule has 3 N–H and O–H groups in total. The number of amides is 1. The molecule has 1 fully saturated rings. The van der Waals surface area contributed by atoms with Gasteiger partial charge in [-0.3, -0.25) is 5.32 Å². The van der Waals surface area contributed by atoms with Crippen molar-refractivity contribution in [3.63, 3.8) is 0 Å². The molecule has 0 aliphatic heterocycles. The van der Waals surface area contributed by atoms with Gasteiger partial charge >= 0.3 is 6.09 Å². The summed E-state index contributed by atoms with van der Waals surface area (Å²) in [4.78, 5) is 10.1. The van der Waals surface area contributed by atoms with Crippen molar-refractivity contribution in [1.29, 1.82) is 0 Å². The second-order valence-corrected chi connectivity index (χ2v) is 6.19. The summed E-state index contributed by atoms with van der Waals surface area (Å²) in [6.45, 7) is 6.66. The van der Waals surface area contributed by atoms with Crippen LogP contribution in [-0.4, -0.2) is 22.4 Å². The van der Waals surface area contributed by atoms with Gasteiger partial charge in [-0.05, 0) is 42.7 Å². The number of benzene rings is 1. The van der Waals surface area contributed by atoms with Crippen molar-refractivity contribution in [1.82, 2.24) is 0 Å². The van der Waals surface area contributed by atoms with Crippen molar-refractivity contribution in [3.8, 4) is 0 Å². The maximum atomic E-state index is 10.1. The first-order chi connectivity index (χ1) is 9.90. The molecule has 4 nitrogen and oxygen atoms in total. The highest BCUT2D eigenvalue weighted by Gasteiger charge is 2.28. The van der Waals surface area contributed by atoms with Crippen molar-refractivity contribution < 1.29 is 15.0 Å². The van der Waals surface area contributed by atoms with Gasteiger partial charge in [0.1, 0.15) is 0 Å². The third kappa shape index (κ3) is 6.63. The number of carbonyl (C=O) groups is 1. The summed E-state index contributed by atoms with van der Waals surface area (Å²) in [5.74, 6) is 1.95. The van der Waals surface area contributed by atoms with E-state index in [0.717, 1.165) is 12.3 Å². The van der Waals surface area contributed by atoms with E-state index in [1.54, 1.807) is 24.3 Å². The van der Waals surface area contributed by atoms with Crippen LogP contribution in [0.15, 0.2) is 30.3 Å². The molecule has 0 aromatic heterocycles. The van der Waals surface area contributed by atoms with E-state index in [4.69, 9.17) is 5.11 Å². The minimum Gasteiger partial charge on any atom is -0.465 e. The number of nitrogens with one attached hydrogen (secondary N) is 1. The smallest absolute Gasteiger partial charge is 0.409 e. The van der Waals surface area contributed by atoms with Crippen molar-refractivity contribution in [2.24, 2.45) is 17.8 Å². The molecule has 1 amide bonds. The van der Waals surface area contributed by atoms with Gasteiger partial charge in [-0.25, -0.2) is 4.79 Å². The highest BCUT2D eigenvalue weighted by atomic mass is 16.4. The average Bonchev–Trinajstić information content (AvgIpc) is 2.39. The van der Waals surface area contributed by atoms with Gasteiger partial charge in [-0.1, -0.05) is 45.4 Å². The molecule has 3 unspecified atom stereocenters. The van der Waals surface area contributed by atoms with Gasteiger partial charge in [-0.2, -0.15) is 0 Å². The maximum Gasteiger partial charge on any atom is 0.409 e. The SMILES string of the molecule is CC1CCC(C(C)C)C(O)C1.O=C(O)Nc1ccccc1. The summed E-state index contributed by atoms with van der Waals surface area (Å²) in [6, 6.07) is 8.74. The van der Waals surface area contributed by atoms with E-state index < -0.39 is 6.09 Å². The summed E-state index contributed by atoms with van der Waals surface area (Å²) in [5.41, 5.74) is 0.593. The van der Waals surface area contributed by atoms with E-state index in [-0.39, 0.29) is 6.10 Å². The predicted molar refractivity (Wildman–Crippen MR) is 85.4 cm³/mol. The Morgan fingerprint density at radius 2 is 1.86 bits per heavy atom. The largest absolute Gasteiger partial charge is 0.465 e. The molecule has 0 bridgehead atoms. The molecule has 4 heteroatoms. The molecule has 2 rings (SSSR count). The van der Waals surface area contributed by atoms with E-state index in [9.17, 15) is 9.90 Å². The summed E-state index contributed by atoms with van der Waals surface area (Å²) in [6.07, 6.45) is 2.48. The Morgan fingerprint density at radius 3 is 2.33 bits per heavy atom. The first-order valence-electron chi connectivity index (χ1n) is 7.63. The molecule has 1 aliphatic carbocycles. The Hall–Kier alpha value is -1.55. The predicted octanol–water partition coefficient (Wildman–Crippen LogP) is 4.22. The van der Waals surface area contributed by atoms with Gasteiger partial charge in [0.15, 0.2) is 0 Å². The number of aliphatic hydroxyl groups excluding tert-OH is 1. The lowest BCUT2D eigenvalue weighted by Gasteiger charge is -2.33. The normalized spacial score (nSPS) is 24.9. The lowest BCUT2D eigenvalue weighted by molar-refractivity contribution is 0.0266. The zero-order valence-electron chi connectivity index (χ0n) is 13.1. The lowest BCUT2D eigenvalue weighted by Crippen LogP contribution is -2.31. The van der Waals surface area contributed by atoms with Crippen molar-refractivity contribution in [2.75, 3.05) is 5.32 Å². The Morgan fingerprint density at radius 1 is 1.24 bits per heavy atom. The summed E-state index contributed by atoms with van der Waals surface area (Å²) in [5, 5.41) is 20.2. The van der Waals surface area contributed by atoms with Crippen molar-refractivity contribution in [2.45, 2.75) is 46.1 Å². The van der Waals surface area contributed by atoms with Gasteiger partial charge in [0.25, 0.3) is 0 Å². The molecular formula is C17H27NO3. The van der Waals surface area contributed by atoms with Crippen LogP contribution in [0, 0.1) is 17.8 Å². The van der Waals surface area contributed by atoms with Crippen molar-refractivity contribution in [3.05, 3.63) is 30.3 Å². The van der Waals surface area contributed by atoms with Gasteiger partial charge in [0.2, 0.25) is 0 Å². The molecule has 21 heavy (non-hydrogen) atoms. The second-order valence-electron chi connectivity index (χ2n) is 6.19. The van der Waals surface area contributed by atoms with Crippen LogP contribution >= 0.6 is 0 Å². The molecule has 1 aromatic carbocycles. The van der Waals surface area contributed by atoms with Crippen LogP contribution in [0.2, 0.25) is 0 Å². The monoisotopic (exact) mass is 293 g/mol. The summed E-state index contributed by atoms with van der Waals surface area (Å²) in [7, 11) is 0. The number of rotatable bonds is 2. The standard InChI is InChI=1S/C10H20O.C7H7NO2/c1-7(2)9-5-4-8(3)6-10(9)11;9-7(10)8-6-4-2-1-3-5-6/h7-11H,4-6H2,1-3H3;1-5,8H,(H,9,10). The number of anilines is 1. The fourth-order valence-electron chi connectivity index (χ4n) is 2.80. The first kappa shape index (κ1) is 17.5. The number of carboxylic acid groups (broad SMARTS) is 1. The highest BCUT2D eigenvalue weighted by molar-refractivity contribution is 5.82. The molecule has 118 valence electrons. The minimum absolute atomic E-state index is 0.0289. The molecule has 3 atom stereocenters. The molecule has 1 saturated carbocycles. The molecule has 0 spiro atoms. The zero-order chi connectivity index (χ0) is 15.8. The van der Waals surface area contributed by atoms with Crippen LogP contribution < -0.4 is 5.32 Å². The van der Waals surface area contributed by atoms with Crippen LogP contribution in [0.3, 0.4) is 0 Å². The van der Waals surface area contributed by atoms with Gasteiger partial charge in [0.05, 0.1) is 6.10 Å². The Bertz CT molecular complexity index is 419. The number of aliphatic hydroxyl groups is 1. The topological polar surface area (TPSA) is 69.6 Å². The number of hydrogen-bond donors (Lipinski definition) is 3. The van der Waals surface area contributed by atoms with E-state index >= 15 is 0 Å². The fourth-order valence-corrected chi connectivity index (χ4v) is 2.80. The van der Waals surface area contributed by atoms with E-state index in [1.165, 1.54) is 12.8 Å². The Kier molecular flexibility index (Phi) is 7.23. The first-order valence-corrected chi connectivity index (χ1v) is 7.63. The summed E-state index contributed by atoms with van der Waals surface area (Å²) < 4.78 is 0. The van der Waals surface area contributed by atoms with Crippen molar-refractivity contribution >= 4 is 11.8 Å². The molecule has 0 radical (unpaired) electrons. The Balaban J connectivity index is 0.000000211. The van der Waals surface area contributed by atoms with E-state index in [0.29, 0.717) is 17.5 Å². The maximum absolute atomic E-state index is 10.1. The molecule has 0 heterocycles. The third-order valence-electron chi connectivity index (χ3n) is 4.01. The number of para-hydroxylation sites is 1. The molecule has 1 aliphatic rings. The molecule has 1 aromatic rings. The summed E-state index contributed by atoms with van der Waals surface area (Å²) >= 11 is 0. The lowest BCUT2D eigenvalue weighted by atomic mass is 9.75. The molecule has 0 saturated heterocycles. The third-order valence-corrected chi connectivity index (χ3v) is 4.01. The van der Waals surface area contributed by atoms with Crippen LogP contribution in [0.1, 0.15) is 40.0 Å². The zero-order valence-corrected chi connectivity index (χ0v) is 13.1. The van der Waals surface area contributed by atoms with Crippen LogP contribution in [0.4, 0.5) is 10.5 Å². The van der Waals surface area contributed by atoms with Gasteiger partial charge in [0, 0.05) is 5.69 Å². The minimum atomic E-state index is -1.04. The second kappa shape index (κ2) is 8.67. The van der Waals surface area contributed by atoms with Crippen LogP contribution in [0.25, 0.3) is 0 Å². The molecular weight excluding hydrogens is 266 g/mol. The highest BCUT2D eigenvalue weighted by Crippen LogP contribution is 2.33. The van der Waals surface area contributed by atoms with Gasteiger partial charge in [-0.15, -0.1) is 0 Å². The average molecular weight is 293 g/mol. The van der Waals surface area contributed by atoms with E-state index in [2.05, 4.69) is 26.1 Å². The van der Waals surface area contributed by atoms with Gasteiger partial charge < -0.3 is 10.2 Å². The van der Waals surface area contributed by atoms with E-state index in [1.807, 2.05) is 6.07 Å². The Labute approximate surface area is 127 Å². The number of hydrogen-bond acceptors (Lipinski definition) is 2. The fraction of sp³-hybridized carbons (Fsp3) is 0.588. The quantitative estimate of drug-likeness (QED) is 0.764. The van der Waals surface area contributed by atoms with Crippen LogP contribution in [-0.2, 0) is 0 Å². The van der Waals surface area contributed by atoms with Crippen LogP contribution in [0.5, 0.6) is 0 Å².